The Morgan fingerprint density at radius 2 is 1.94 bits per heavy atom. The highest BCUT2D eigenvalue weighted by atomic mass is 19.1. The molecule has 2 nitrogen and oxygen atoms in total. The molecule has 2 atom stereocenters. The van der Waals surface area contributed by atoms with Crippen LogP contribution >= 0.6 is 0 Å². The van der Waals surface area contributed by atoms with Gasteiger partial charge in [0.25, 0.3) is 0 Å². The lowest BCUT2D eigenvalue weighted by molar-refractivity contribution is 0.167. The highest BCUT2D eigenvalue weighted by Gasteiger charge is 2.33. The fourth-order valence-corrected chi connectivity index (χ4v) is 3.01. The van der Waals surface area contributed by atoms with Gasteiger partial charge in [-0.05, 0) is 49.9 Å². The highest BCUT2D eigenvalue weighted by Crippen LogP contribution is 2.32. The van der Waals surface area contributed by atoms with E-state index in [0.29, 0.717) is 0 Å². The second-order valence-corrected chi connectivity index (χ2v) is 5.14. The molecule has 3 heteroatoms. The fraction of sp³-hybridized carbons (Fsp3) is 0.571. The summed E-state index contributed by atoms with van der Waals surface area (Å²) in [5.41, 5.74) is 2.38. The van der Waals surface area contributed by atoms with E-state index in [1.807, 2.05) is 18.2 Å². The molecule has 0 aromatic heterocycles. The lowest BCUT2D eigenvalue weighted by Gasteiger charge is -2.29. The lowest BCUT2D eigenvalue weighted by Crippen LogP contribution is -2.40. The zero-order chi connectivity index (χ0) is 11.7. The van der Waals surface area contributed by atoms with Gasteiger partial charge in [0.2, 0.25) is 0 Å². The van der Waals surface area contributed by atoms with Gasteiger partial charge in [-0.15, -0.1) is 0 Å². The van der Waals surface area contributed by atoms with E-state index < -0.39 is 6.17 Å². The maximum atomic E-state index is 14.5. The molecule has 17 heavy (non-hydrogen) atoms. The van der Waals surface area contributed by atoms with Crippen LogP contribution < -0.4 is 10.6 Å². The van der Waals surface area contributed by atoms with E-state index in [-0.39, 0.29) is 12.0 Å². The molecule has 0 radical (unpaired) electrons. The molecule has 2 aliphatic rings. The third-order valence-electron chi connectivity index (χ3n) is 4.02. The number of hydrogen-bond acceptors (Lipinski definition) is 2. The van der Waals surface area contributed by atoms with Gasteiger partial charge in [0.05, 0.1) is 6.04 Å². The van der Waals surface area contributed by atoms with Crippen molar-refractivity contribution in [3.63, 3.8) is 0 Å². The Labute approximate surface area is 102 Å². The molecule has 0 aliphatic carbocycles. The molecule has 92 valence electrons. The minimum absolute atomic E-state index is 0.0181. The number of nitrogens with one attached hydrogen (secondary N) is 2. The van der Waals surface area contributed by atoms with Crippen molar-refractivity contribution in [3.05, 3.63) is 29.8 Å². The van der Waals surface area contributed by atoms with Crippen molar-refractivity contribution < 1.29 is 4.39 Å². The molecule has 1 aromatic carbocycles. The van der Waals surface area contributed by atoms with E-state index in [0.717, 1.165) is 38.0 Å². The van der Waals surface area contributed by atoms with Gasteiger partial charge in [-0.1, -0.05) is 18.2 Å². The number of anilines is 1. The third-order valence-corrected chi connectivity index (χ3v) is 4.02. The minimum atomic E-state index is -0.718. The SMILES string of the molecule is FC(C1CCNCC1)C1Cc2ccccc2N1. The summed E-state index contributed by atoms with van der Waals surface area (Å²) < 4.78 is 14.5. The first kappa shape index (κ1) is 11.0. The zero-order valence-corrected chi connectivity index (χ0v) is 9.95. The predicted molar refractivity (Wildman–Crippen MR) is 68.0 cm³/mol. The van der Waals surface area contributed by atoms with Gasteiger partial charge in [-0.3, -0.25) is 0 Å². The van der Waals surface area contributed by atoms with Crippen molar-refractivity contribution in [1.82, 2.24) is 5.32 Å². The van der Waals surface area contributed by atoms with Gasteiger partial charge < -0.3 is 10.6 Å². The molecule has 2 unspecified atom stereocenters. The molecular weight excluding hydrogens is 215 g/mol. The maximum Gasteiger partial charge on any atom is 0.123 e. The van der Waals surface area contributed by atoms with Crippen LogP contribution in [0.15, 0.2) is 24.3 Å². The fourth-order valence-electron chi connectivity index (χ4n) is 3.01. The van der Waals surface area contributed by atoms with Crippen LogP contribution in [0.5, 0.6) is 0 Å². The molecule has 0 spiro atoms. The highest BCUT2D eigenvalue weighted by molar-refractivity contribution is 5.56. The van der Waals surface area contributed by atoms with E-state index in [9.17, 15) is 4.39 Å². The summed E-state index contributed by atoms with van der Waals surface area (Å²) in [6, 6.07) is 8.16. The molecule has 0 amide bonds. The summed E-state index contributed by atoms with van der Waals surface area (Å²) in [5, 5.41) is 6.63. The summed E-state index contributed by atoms with van der Waals surface area (Å²) in [4.78, 5) is 0. The van der Waals surface area contributed by atoms with Crippen molar-refractivity contribution in [2.24, 2.45) is 5.92 Å². The molecule has 2 N–H and O–H groups in total. The zero-order valence-electron chi connectivity index (χ0n) is 9.95. The van der Waals surface area contributed by atoms with Crippen LogP contribution in [0.3, 0.4) is 0 Å². The van der Waals surface area contributed by atoms with Crippen molar-refractivity contribution in [2.75, 3.05) is 18.4 Å². The molecule has 1 saturated heterocycles. The smallest absolute Gasteiger partial charge is 0.123 e. The average molecular weight is 234 g/mol. The average Bonchev–Trinajstić information content (AvgIpc) is 2.82. The second kappa shape index (κ2) is 4.65. The molecule has 2 aliphatic heterocycles. The van der Waals surface area contributed by atoms with Crippen molar-refractivity contribution in [2.45, 2.75) is 31.5 Å². The number of rotatable bonds is 2. The Morgan fingerprint density at radius 1 is 1.18 bits per heavy atom. The van der Waals surface area contributed by atoms with Crippen LogP contribution in [0.25, 0.3) is 0 Å². The lowest BCUT2D eigenvalue weighted by atomic mass is 9.88. The molecule has 1 fully saturated rings. The van der Waals surface area contributed by atoms with E-state index in [4.69, 9.17) is 0 Å². The van der Waals surface area contributed by atoms with Gasteiger partial charge >= 0.3 is 0 Å². The Kier molecular flexibility index (Phi) is 3.02. The van der Waals surface area contributed by atoms with Crippen molar-refractivity contribution in [3.8, 4) is 0 Å². The number of fused-ring (bicyclic) bond motifs is 1. The van der Waals surface area contributed by atoms with Crippen LogP contribution in [-0.2, 0) is 6.42 Å². The molecule has 3 rings (SSSR count). The number of benzene rings is 1. The number of halogens is 1. The Balaban J connectivity index is 1.67. The first-order valence-electron chi connectivity index (χ1n) is 6.54. The molecular formula is C14H19FN2. The van der Waals surface area contributed by atoms with Gasteiger partial charge in [0.15, 0.2) is 0 Å². The first-order chi connectivity index (χ1) is 8.34. The van der Waals surface area contributed by atoms with Crippen molar-refractivity contribution in [1.29, 1.82) is 0 Å². The number of para-hydroxylation sites is 1. The predicted octanol–water partition coefficient (Wildman–Crippen LogP) is 2.36. The standard InChI is InChI=1S/C14H19FN2/c15-14(10-5-7-16-8-6-10)13-9-11-3-1-2-4-12(11)17-13/h1-4,10,13-14,16-17H,5-9H2. The first-order valence-corrected chi connectivity index (χ1v) is 6.54. The quantitative estimate of drug-likeness (QED) is 0.821. The molecule has 0 saturated carbocycles. The minimum Gasteiger partial charge on any atom is -0.379 e. The van der Waals surface area contributed by atoms with Crippen LogP contribution in [0.4, 0.5) is 10.1 Å². The largest absolute Gasteiger partial charge is 0.379 e. The number of hydrogen-bond donors (Lipinski definition) is 2. The van der Waals surface area contributed by atoms with E-state index in [1.165, 1.54) is 5.56 Å². The number of piperidine rings is 1. The van der Waals surface area contributed by atoms with Crippen LogP contribution in [-0.4, -0.2) is 25.3 Å². The van der Waals surface area contributed by atoms with Crippen LogP contribution in [0.2, 0.25) is 0 Å². The summed E-state index contributed by atoms with van der Waals surface area (Å²) in [5.74, 6) is 0.225. The third kappa shape index (κ3) is 2.16. The van der Waals surface area contributed by atoms with Crippen LogP contribution in [0.1, 0.15) is 18.4 Å². The van der Waals surface area contributed by atoms with E-state index >= 15 is 0 Å². The Hall–Kier alpha value is -1.09. The normalized spacial score (nSPS) is 26.3. The molecule has 1 aromatic rings. The summed E-state index contributed by atoms with van der Waals surface area (Å²) in [6.07, 6.45) is 2.05. The van der Waals surface area contributed by atoms with E-state index in [1.54, 1.807) is 0 Å². The summed E-state index contributed by atoms with van der Waals surface area (Å²) in [6.45, 7) is 1.93. The molecule has 0 bridgehead atoms. The van der Waals surface area contributed by atoms with E-state index in [2.05, 4.69) is 16.7 Å². The Morgan fingerprint density at radius 3 is 2.71 bits per heavy atom. The number of alkyl halides is 1. The maximum absolute atomic E-state index is 14.5. The second-order valence-electron chi connectivity index (χ2n) is 5.14. The van der Waals surface area contributed by atoms with Gasteiger partial charge in [0.1, 0.15) is 6.17 Å². The molecule has 2 heterocycles. The van der Waals surface area contributed by atoms with Gasteiger partial charge in [0, 0.05) is 5.69 Å². The van der Waals surface area contributed by atoms with Crippen LogP contribution in [0, 0.1) is 5.92 Å². The topological polar surface area (TPSA) is 24.1 Å². The van der Waals surface area contributed by atoms with Crippen molar-refractivity contribution >= 4 is 5.69 Å². The summed E-state index contributed by atoms with van der Waals surface area (Å²) >= 11 is 0. The van der Waals surface area contributed by atoms with Gasteiger partial charge in [-0.2, -0.15) is 0 Å². The van der Waals surface area contributed by atoms with Gasteiger partial charge in [-0.25, -0.2) is 4.39 Å². The summed E-state index contributed by atoms with van der Waals surface area (Å²) in [7, 11) is 0. The monoisotopic (exact) mass is 234 g/mol. The Bertz CT molecular complexity index is 363.